The summed E-state index contributed by atoms with van der Waals surface area (Å²) >= 11 is 0. The Morgan fingerprint density at radius 1 is 1.21 bits per heavy atom. The number of carboxylic acid groups (broad SMARTS) is 1. The van der Waals surface area contributed by atoms with Crippen LogP contribution in [0.2, 0.25) is 0 Å². The highest BCUT2D eigenvalue weighted by atomic mass is 16.4. The molecule has 1 aromatic carbocycles. The lowest BCUT2D eigenvalue weighted by atomic mass is 9.99. The van der Waals surface area contributed by atoms with Crippen LogP contribution >= 0.6 is 0 Å². The molecular formula is C15H24N2O2. The van der Waals surface area contributed by atoms with Gasteiger partial charge < -0.3 is 16.2 Å². The zero-order valence-electron chi connectivity index (χ0n) is 12.0. The molecule has 0 radical (unpaired) electrons. The third kappa shape index (κ3) is 5.01. The van der Waals surface area contributed by atoms with E-state index in [2.05, 4.69) is 38.2 Å². The minimum atomic E-state index is -0.938. The Bertz CT molecular complexity index is 444. The number of hydrogen-bond donors (Lipinski definition) is 3. The van der Waals surface area contributed by atoms with Crippen LogP contribution in [0.4, 0.5) is 0 Å². The van der Waals surface area contributed by atoms with E-state index in [1.165, 1.54) is 22.3 Å². The molecule has 4 N–H and O–H groups in total. The molecule has 0 saturated heterocycles. The molecule has 0 saturated carbocycles. The van der Waals surface area contributed by atoms with Gasteiger partial charge >= 0.3 is 5.97 Å². The number of nitrogens with one attached hydrogen (secondary N) is 1. The van der Waals surface area contributed by atoms with Gasteiger partial charge in [0.15, 0.2) is 0 Å². The van der Waals surface area contributed by atoms with Crippen LogP contribution in [0.5, 0.6) is 0 Å². The summed E-state index contributed by atoms with van der Waals surface area (Å²) in [6, 6.07) is 3.68. The molecule has 1 rings (SSSR count). The molecule has 0 aliphatic carbocycles. The SMILES string of the molecule is Cc1cc(C)c(CCNCCC(N)C(=O)O)cc1C. The van der Waals surface area contributed by atoms with E-state index in [0.29, 0.717) is 13.0 Å². The Balaban J connectivity index is 2.34. The summed E-state index contributed by atoms with van der Waals surface area (Å²) in [6.07, 6.45) is 1.41. The Kier molecular flexibility index (Phi) is 5.99. The number of carbonyl (C=O) groups is 1. The van der Waals surface area contributed by atoms with E-state index in [1.54, 1.807) is 0 Å². The number of aliphatic carboxylic acids is 1. The van der Waals surface area contributed by atoms with Crippen LogP contribution in [0.25, 0.3) is 0 Å². The Morgan fingerprint density at radius 2 is 1.84 bits per heavy atom. The van der Waals surface area contributed by atoms with Gasteiger partial charge in [-0.25, -0.2) is 0 Å². The number of benzene rings is 1. The minimum absolute atomic E-state index is 0.460. The molecule has 106 valence electrons. The predicted octanol–water partition coefficient (Wildman–Crippen LogP) is 1.55. The molecule has 0 aliphatic heterocycles. The lowest BCUT2D eigenvalue weighted by Gasteiger charge is -2.11. The zero-order chi connectivity index (χ0) is 14.4. The third-order valence-electron chi connectivity index (χ3n) is 3.47. The van der Waals surface area contributed by atoms with Crippen LogP contribution < -0.4 is 11.1 Å². The first kappa shape index (κ1) is 15.7. The average Bonchev–Trinajstić information content (AvgIpc) is 2.34. The van der Waals surface area contributed by atoms with Crippen molar-refractivity contribution in [3.63, 3.8) is 0 Å². The quantitative estimate of drug-likeness (QED) is 0.653. The van der Waals surface area contributed by atoms with Crippen molar-refractivity contribution in [2.24, 2.45) is 5.73 Å². The van der Waals surface area contributed by atoms with Gasteiger partial charge in [-0.2, -0.15) is 0 Å². The smallest absolute Gasteiger partial charge is 0.320 e. The maximum atomic E-state index is 10.5. The van der Waals surface area contributed by atoms with Gasteiger partial charge in [-0.15, -0.1) is 0 Å². The van der Waals surface area contributed by atoms with Crippen LogP contribution in [0, 0.1) is 20.8 Å². The van der Waals surface area contributed by atoms with Crippen LogP contribution in [-0.4, -0.2) is 30.2 Å². The number of aryl methyl sites for hydroxylation is 3. The first-order chi connectivity index (χ1) is 8.91. The van der Waals surface area contributed by atoms with E-state index >= 15 is 0 Å². The minimum Gasteiger partial charge on any atom is -0.480 e. The third-order valence-corrected chi connectivity index (χ3v) is 3.47. The summed E-state index contributed by atoms with van der Waals surface area (Å²) in [7, 11) is 0. The highest BCUT2D eigenvalue weighted by molar-refractivity contribution is 5.72. The van der Waals surface area contributed by atoms with Gasteiger partial charge in [0.2, 0.25) is 0 Å². The van der Waals surface area contributed by atoms with Crippen molar-refractivity contribution < 1.29 is 9.90 Å². The summed E-state index contributed by atoms with van der Waals surface area (Å²) < 4.78 is 0. The fourth-order valence-electron chi connectivity index (χ4n) is 2.02. The first-order valence-electron chi connectivity index (χ1n) is 6.67. The highest BCUT2D eigenvalue weighted by Crippen LogP contribution is 2.15. The summed E-state index contributed by atoms with van der Waals surface area (Å²) in [5, 5.41) is 11.9. The van der Waals surface area contributed by atoms with Crippen LogP contribution in [-0.2, 0) is 11.2 Å². The largest absolute Gasteiger partial charge is 0.480 e. The maximum absolute atomic E-state index is 10.5. The summed E-state index contributed by atoms with van der Waals surface area (Å²) in [6.45, 7) is 7.85. The normalized spacial score (nSPS) is 12.4. The predicted molar refractivity (Wildman–Crippen MR) is 77.5 cm³/mol. The summed E-state index contributed by atoms with van der Waals surface area (Å²) in [4.78, 5) is 10.5. The van der Waals surface area contributed by atoms with Crippen molar-refractivity contribution in [1.82, 2.24) is 5.32 Å². The van der Waals surface area contributed by atoms with Gasteiger partial charge in [0.05, 0.1) is 0 Å². The van der Waals surface area contributed by atoms with Crippen LogP contribution in [0.1, 0.15) is 28.7 Å². The molecule has 0 amide bonds. The van der Waals surface area contributed by atoms with Crippen molar-refractivity contribution in [3.8, 4) is 0 Å². The monoisotopic (exact) mass is 264 g/mol. The molecule has 0 heterocycles. The fourth-order valence-corrected chi connectivity index (χ4v) is 2.02. The fraction of sp³-hybridized carbons (Fsp3) is 0.533. The number of rotatable bonds is 7. The van der Waals surface area contributed by atoms with E-state index < -0.39 is 12.0 Å². The van der Waals surface area contributed by atoms with Crippen molar-refractivity contribution in [2.45, 2.75) is 39.7 Å². The van der Waals surface area contributed by atoms with Gasteiger partial charge in [-0.1, -0.05) is 12.1 Å². The zero-order valence-corrected chi connectivity index (χ0v) is 12.0. The Morgan fingerprint density at radius 3 is 2.47 bits per heavy atom. The standard InChI is InChI=1S/C15H24N2O2/c1-10-8-12(3)13(9-11(10)2)4-6-17-7-5-14(16)15(18)19/h8-9,14,17H,4-7,16H2,1-3H3,(H,18,19). The van der Waals surface area contributed by atoms with E-state index in [4.69, 9.17) is 10.8 Å². The van der Waals surface area contributed by atoms with E-state index in [9.17, 15) is 4.79 Å². The van der Waals surface area contributed by atoms with Crippen LogP contribution in [0.15, 0.2) is 12.1 Å². The molecular weight excluding hydrogens is 240 g/mol. The average molecular weight is 264 g/mol. The Hall–Kier alpha value is -1.39. The summed E-state index contributed by atoms with van der Waals surface area (Å²) in [5.41, 5.74) is 10.7. The molecule has 4 heteroatoms. The van der Waals surface area contributed by atoms with Gasteiger partial charge in [0.1, 0.15) is 6.04 Å². The van der Waals surface area contributed by atoms with Crippen LogP contribution in [0.3, 0.4) is 0 Å². The molecule has 0 fully saturated rings. The molecule has 1 atom stereocenters. The van der Waals surface area contributed by atoms with E-state index in [1.807, 2.05) is 0 Å². The lowest BCUT2D eigenvalue weighted by Crippen LogP contribution is -2.34. The maximum Gasteiger partial charge on any atom is 0.320 e. The second-order valence-corrected chi connectivity index (χ2v) is 5.10. The van der Waals surface area contributed by atoms with Crippen molar-refractivity contribution in [3.05, 3.63) is 34.4 Å². The van der Waals surface area contributed by atoms with E-state index in [0.717, 1.165) is 13.0 Å². The lowest BCUT2D eigenvalue weighted by molar-refractivity contribution is -0.138. The van der Waals surface area contributed by atoms with Crippen molar-refractivity contribution in [2.75, 3.05) is 13.1 Å². The van der Waals surface area contributed by atoms with Crippen molar-refractivity contribution >= 4 is 5.97 Å². The molecule has 1 unspecified atom stereocenters. The molecule has 19 heavy (non-hydrogen) atoms. The van der Waals surface area contributed by atoms with E-state index in [-0.39, 0.29) is 0 Å². The molecule has 0 aliphatic rings. The second kappa shape index (κ2) is 7.26. The van der Waals surface area contributed by atoms with Gasteiger partial charge in [-0.3, -0.25) is 4.79 Å². The molecule has 4 nitrogen and oxygen atoms in total. The number of hydrogen-bond acceptors (Lipinski definition) is 3. The number of nitrogens with two attached hydrogens (primary N) is 1. The highest BCUT2D eigenvalue weighted by Gasteiger charge is 2.09. The topological polar surface area (TPSA) is 75.3 Å². The van der Waals surface area contributed by atoms with Gasteiger partial charge in [-0.05, 0) is 69.0 Å². The van der Waals surface area contributed by atoms with Gasteiger partial charge in [0, 0.05) is 0 Å². The van der Waals surface area contributed by atoms with Gasteiger partial charge in [0.25, 0.3) is 0 Å². The van der Waals surface area contributed by atoms with Crippen molar-refractivity contribution in [1.29, 1.82) is 0 Å². The molecule has 0 spiro atoms. The molecule has 0 bridgehead atoms. The summed E-state index contributed by atoms with van der Waals surface area (Å²) in [5.74, 6) is -0.938. The first-order valence-corrected chi connectivity index (χ1v) is 6.67. The Labute approximate surface area is 115 Å². The molecule has 0 aromatic heterocycles. The number of carboxylic acids is 1. The second-order valence-electron chi connectivity index (χ2n) is 5.10. The molecule has 1 aromatic rings.